The zero-order valence-corrected chi connectivity index (χ0v) is 22.0. The number of anilines is 1. The Kier molecular flexibility index (Phi) is 6.18. The van der Waals surface area contributed by atoms with Crippen molar-refractivity contribution in [2.45, 2.75) is 29.7 Å². The van der Waals surface area contributed by atoms with E-state index in [1.54, 1.807) is 12.1 Å². The van der Waals surface area contributed by atoms with Crippen molar-refractivity contribution >= 4 is 52.2 Å². The lowest BCUT2D eigenvalue weighted by Crippen LogP contribution is -2.32. The highest BCUT2D eigenvalue weighted by Crippen LogP contribution is 2.53. The third-order valence-electron chi connectivity index (χ3n) is 6.67. The van der Waals surface area contributed by atoms with Gasteiger partial charge in [-0.05, 0) is 54.4 Å². The molecule has 2 amide bonds. The fraction of sp³-hybridized carbons (Fsp3) is 0.179. The quantitative estimate of drug-likeness (QED) is 0.320. The maximum absolute atomic E-state index is 13.8. The van der Waals surface area contributed by atoms with Gasteiger partial charge in [-0.1, -0.05) is 76.7 Å². The van der Waals surface area contributed by atoms with Crippen LogP contribution >= 0.6 is 34.7 Å². The van der Waals surface area contributed by atoms with Gasteiger partial charge in [0.2, 0.25) is 11.8 Å². The van der Waals surface area contributed by atoms with E-state index in [9.17, 15) is 14.4 Å². The number of rotatable bonds is 5. The van der Waals surface area contributed by atoms with Crippen molar-refractivity contribution in [2.24, 2.45) is 5.92 Å². The van der Waals surface area contributed by atoms with Crippen LogP contribution in [0.5, 0.6) is 5.75 Å². The van der Waals surface area contributed by atoms with Gasteiger partial charge in [0.05, 0.1) is 16.6 Å². The highest BCUT2D eigenvalue weighted by Gasteiger charge is 2.56. The number of H-pyrrole nitrogens is 1. The SMILES string of the molecule is Cc1ccc(N2C(=O)C3Sc4[nH]c(=O)sc4[C@H](c4ccc(OCc5ccc(Cl)cc5)cc4)C3C2=O)cc1. The zero-order chi connectivity index (χ0) is 25.7. The van der Waals surface area contributed by atoms with E-state index in [1.807, 2.05) is 67.6 Å². The lowest BCUT2D eigenvalue weighted by atomic mass is 9.83. The molecular weight excluding hydrogens is 528 g/mol. The number of fused-ring (bicyclic) bond motifs is 2. The van der Waals surface area contributed by atoms with Crippen molar-refractivity contribution in [2.75, 3.05) is 4.90 Å². The highest BCUT2D eigenvalue weighted by atomic mass is 35.5. The summed E-state index contributed by atoms with van der Waals surface area (Å²) in [5.41, 5.74) is 3.47. The number of nitrogens with one attached hydrogen (secondary N) is 1. The number of benzene rings is 3. The molecule has 9 heteroatoms. The van der Waals surface area contributed by atoms with E-state index in [2.05, 4.69) is 4.98 Å². The number of aryl methyl sites for hydroxylation is 1. The summed E-state index contributed by atoms with van der Waals surface area (Å²) in [6.45, 7) is 2.35. The molecule has 1 saturated heterocycles. The number of thiazole rings is 1. The summed E-state index contributed by atoms with van der Waals surface area (Å²) in [6, 6.07) is 22.4. The summed E-state index contributed by atoms with van der Waals surface area (Å²) in [7, 11) is 0. The zero-order valence-electron chi connectivity index (χ0n) is 19.6. The van der Waals surface area contributed by atoms with E-state index >= 15 is 0 Å². The molecule has 3 aromatic carbocycles. The minimum atomic E-state index is -0.614. The molecule has 1 fully saturated rings. The van der Waals surface area contributed by atoms with Crippen LogP contribution in [0.4, 0.5) is 5.69 Å². The Morgan fingerprint density at radius 3 is 2.32 bits per heavy atom. The Balaban J connectivity index is 1.32. The molecule has 2 aliphatic heterocycles. The number of halogens is 1. The summed E-state index contributed by atoms with van der Waals surface area (Å²) in [5.74, 6) is -0.848. The second kappa shape index (κ2) is 9.52. The van der Waals surface area contributed by atoms with E-state index in [0.717, 1.165) is 32.9 Å². The van der Waals surface area contributed by atoms with Crippen LogP contribution in [-0.4, -0.2) is 22.0 Å². The molecule has 1 aromatic heterocycles. The van der Waals surface area contributed by atoms with Gasteiger partial charge in [0.1, 0.15) is 17.6 Å². The summed E-state index contributed by atoms with van der Waals surface area (Å²) in [6.07, 6.45) is 0. The lowest BCUT2D eigenvalue weighted by molar-refractivity contribution is -0.122. The van der Waals surface area contributed by atoms with Gasteiger partial charge >= 0.3 is 4.87 Å². The van der Waals surface area contributed by atoms with Crippen LogP contribution in [0.2, 0.25) is 5.02 Å². The van der Waals surface area contributed by atoms with Crippen LogP contribution in [0.15, 0.2) is 82.6 Å². The van der Waals surface area contributed by atoms with Crippen LogP contribution in [0.3, 0.4) is 0 Å². The Morgan fingerprint density at radius 1 is 0.919 bits per heavy atom. The van der Waals surface area contributed by atoms with E-state index in [-0.39, 0.29) is 16.7 Å². The Labute approximate surface area is 226 Å². The molecular formula is C28H21ClN2O4S2. The number of thioether (sulfide) groups is 1. The third-order valence-corrected chi connectivity index (χ3v) is 9.33. The van der Waals surface area contributed by atoms with Crippen molar-refractivity contribution in [3.63, 3.8) is 0 Å². The average Bonchev–Trinajstić information content (AvgIpc) is 3.39. The van der Waals surface area contributed by atoms with Crippen molar-refractivity contribution < 1.29 is 14.3 Å². The van der Waals surface area contributed by atoms with Crippen molar-refractivity contribution in [1.82, 2.24) is 4.98 Å². The summed E-state index contributed by atoms with van der Waals surface area (Å²) >= 11 is 8.33. The van der Waals surface area contributed by atoms with Gasteiger partial charge in [0.15, 0.2) is 0 Å². The van der Waals surface area contributed by atoms with Crippen molar-refractivity contribution in [3.8, 4) is 5.75 Å². The van der Waals surface area contributed by atoms with Gasteiger partial charge in [-0.3, -0.25) is 14.4 Å². The van der Waals surface area contributed by atoms with Crippen molar-refractivity contribution in [1.29, 1.82) is 0 Å². The van der Waals surface area contributed by atoms with Crippen LogP contribution in [0.1, 0.15) is 27.5 Å². The number of amides is 2. The number of nitrogens with zero attached hydrogens (tertiary/aromatic N) is 1. The first-order chi connectivity index (χ1) is 17.9. The van der Waals surface area contributed by atoms with Gasteiger partial charge in [-0.2, -0.15) is 0 Å². The third kappa shape index (κ3) is 4.39. The molecule has 0 radical (unpaired) electrons. The van der Waals surface area contributed by atoms with Crippen LogP contribution < -0.4 is 14.5 Å². The van der Waals surface area contributed by atoms with Gasteiger partial charge in [0, 0.05) is 15.8 Å². The fourth-order valence-electron chi connectivity index (χ4n) is 4.84. The smallest absolute Gasteiger partial charge is 0.305 e. The summed E-state index contributed by atoms with van der Waals surface area (Å²) in [5, 5.41) is 0.720. The van der Waals surface area contributed by atoms with Gasteiger partial charge in [0.25, 0.3) is 0 Å². The lowest BCUT2D eigenvalue weighted by Gasteiger charge is -2.29. The second-order valence-electron chi connectivity index (χ2n) is 9.08. The maximum atomic E-state index is 13.8. The topological polar surface area (TPSA) is 79.5 Å². The molecule has 2 aliphatic rings. The van der Waals surface area contributed by atoms with E-state index in [0.29, 0.717) is 28.1 Å². The molecule has 37 heavy (non-hydrogen) atoms. The maximum Gasteiger partial charge on any atom is 0.305 e. The number of carbonyl (C=O) groups excluding carboxylic acids is 2. The molecule has 0 spiro atoms. The molecule has 3 heterocycles. The fourth-order valence-corrected chi connectivity index (χ4v) is 7.48. The largest absolute Gasteiger partial charge is 0.489 e. The predicted molar refractivity (Wildman–Crippen MR) is 146 cm³/mol. The highest BCUT2D eigenvalue weighted by molar-refractivity contribution is 8.00. The Morgan fingerprint density at radius 2 is 1.62 bits per heavy atom. The molecule has 0 bridgehead atoms. The average molecular weight is 549 g/mol. The second-order valence-corrected chi connectivity index (χ2v) is 11.7. The molecule has 1 N–H and O–H groups in total. The molecule has 2 unspecified atom stereocenters. The standard InChI is InChI=1S/C28H21ClN2O4S2/c1-15-2-10-19(11-3-15)31-26(32)22-21(23-25(30-28(34)37-23)36-24(22)27(31)33)17-6-12-20(13-7-17)35-14-16-4-8-18(29)9-5-16/h2-13,21-22,24H,14H2,1H3,(H,30,34)/t21-,22?,24?/m1/s1. The normalized spacial score (nSPS) is 20.6. The number of aromatic nitrogens is 1. The predicted octanol–water partition coefficient (Wildman–Crippen LogP) is 5.77. The minimum Gasteiger partial charge on any atom is -0.489 e. The monoisotopic (exact) mass is 548 g/mol. The minimum absolute atomic E-state index is 0.194. The molecule has 4 aromatic rings. The number of hydrogen-bond donors (Lipinski definition) is 1. The first kappa shape index (κ1) is 24.0. The Hall–Kier alpha value is -3.33. The number of aromatic amines is 1. The van der Waals surface area contributed by atoms with Gasteiger partial charge in [-0.15, -0.1) is 0 Å². The first-order valence-electron chi connectivity index (χ1n) is 11.7. The molecule has 6 nitrogen and oxygen atoms in total. The van der Waals surface area contributed by atoms with Crippen LogP contribution in [-0.2, 0) is 16.2 Å². The number of imide groups is 1. The van der Waals surface area contributed by atoms with Gasteiger partial charge < -0.3 is 9.72 Å². The van der Waals surface area contributed by atoms with Crippen LogP contribution in [0, 0.1) is 12.8 Å². The van der Waals surface area contributed by atoms with E-state index in [4.69, 9.17) is 16.3 Å². The Bertz CT molecular complexity index is 1550. The van der Waals surface area contributed by atoms with E-state index in [1.165, 1.54) is 16.7 Å². The molecule has 3 atom stereocenters. The summed E-state index contributed by atoms with van der Waals surface area (Å²) < 4.78 is 5.93. The van der Waals surface area contributed by atoms with Crippen LogP contribution in [0.25, 0.3) is 0 Å². The molecule has 0 saturated carbocycles. The number of ether oxygens (including phenoxy) is 1. The van der Waals surface area contributed by atoms with Gasteiger partial charge in [-0.25, -0.2) is 4.90 Å². The van der Waals surface area contributed by atoms with Crippen molar-refractivity contribution in [3.05, 3.63) is 109 Å². The number of hydrogen-bond acceptors (Lipinski definition) is 6. The molecule has 0 aliphatic carbocycles. The summed E-state index contributed by atoms with van der Waals surface area (Å²) in [4.78, 5) is 44.3. The molecule has 186 valence electrons. The first-order valence-corrected chi connectivity index (χ1v) is 13.8. The number of carbonyl (C=O) groups is 2. The van der Waals surface area contributed by atoms with E-state index < -0.39 is 17.1 Å². The molecule has 6 rings (SSSR count).